The van der Waals surface area contributed by atoms with Gasteiger partial charge in [-0.25, -0.2) is 9.67 Å². The Hall–Kier alpha value is -1.67. The first-order valence-electron chi connectivity index (χ1n) is 8.50. The molecule has 1 N–H and O–H groups in total. The largest absolute Gasteiger partial charge is 0.337 e. The molecular weight excluding hydrogens is 375 g/mol. The maximum atomic E-state index is 12.8. The summed E-state index contributed by atoms with van der Waals surface area (Å²) in [5, 5.41) is 7.51. The Kier molecular flexibility index (Phi) is 7.40. The molecular formula is C17H24Cl2N6O. The van der Waals surface area contributed by atoms with Crippen LogP contribution in [0, 0.1) is 0 Å². The van der Waals surface area contributed by atoms with E-state index in [-0.39, 0.29) is 30.7 Å². The van der Waals surface area contributed by atoms with Gasteiger partial charge < -0.3 is 10.2 Å². The molecule has 3 heterocycles. The van der Waals surface area contributed by atoms with Crippen LogP contribution in [0.5, 0.6) is 0 Å². The highest BCUT2D eigenvalue weighted by Gasteiger charge is 2.31. The first kappa shape index (κ1) is 20.6. The third-order valence-electron chi connectivity index (χ3n) is 4.89. The number of halogens is 2. The van der Waals surface area contributed by atoms with Crippen molar-refractivity contribution in [3.05, 3.63) is 42.5 Å². The molecule has 0 saturated carbocycles. The van der Waals surface area contributed by atoms with Crippen LogP contribution in [-0.4, -0.2) is 75.8 Å². The number of carbonyl (C=O) groups excluding carboxylic acids is 1. The molecule has 0 radical (unpaired) electrons. The van der Waals surface area contributed by atoms with Crippen LogP contribution in [0.3, 0.4) is 0 Å². The molecule has 2 aliphatic rings. The number of hydrogen-bond donors (Lipinski definition) is 1. The molecule has 0 spiro atoms. The van der Waals surface area contributed by atoms with Gasteiger partial charge in [0.25, 0.3) is 5.91 Å². The van der Waals surface area contributed by atoms with Crippen LogP contribution in [0.15, 0.2) is 36.9 Å². The third kappa shape index (κ3) is 4.35. The van der Waals surface area contributed by atoms with Gasteiger partial charge in [-0.05, 0) is 24.6 Å². The molecule has 2 aliphatic heterocycles. The second-order valence-corrected chi connectivity index (χ2v) is 6.37. The highest BCUT2D eigenvalue weighted by atomic mass is 35.5. The van der Waals surface area contributed by atoms with Crippen molar-refractivity contribution in [1.82, 2.24) is 29.9 Å². The summed E-state index contributed by atoms with van der Waals surface area (Å²) in [7, 11) is 0. The lowest BCUT2D eigenvalue weighted by Gasteiger charge is -2.32. The van der Waals surface area contributed by atoms with Crippen LogP contribution in [-0.2, 0) is 0 Å². The van der Waals surface area contributed by atoms with Gasteiger partial charge in [0, 0.05) is 50.9 Å². The summed E-state index contributed by atoms with van der Waals surface area (Å²) in [6.45, 7) is 5.91. The quantitative estimate of drug-likeness (QED) is 0.841. The van der Waals surface area contributed by atoms with Gasteiger partial charge in [-0.3, -0.25) is 9.69 Å². The summed E-state index contributed by atoms with van der Waals surface area (Å²) in [5.74, 6) is 0.106. The lowest BCUT2D eigenvalue weighted by molar-refractivity contribution is 0.0773. The minimum atomic E-state index is 0. The lowest BCUT2D eigenvalue weighted by Crippen LogP contribution is -2.49. The summed E-state index contributed by atoms with van der Waals surface area (Å²) in [6, 6.07) is 8.08. The Labute approximate surface area is 165 Å². The molecule has 1 aromatic carbocycles. The minimum absolute atomic E-state index is 0. The van der Waals surface area contributed by atoms with E-state index in [4.69, 9.17) is 0 Å². The Bertz CT molecular complexity index is 705. The topological polar surface area (TPSA) is 66.3 Å². The average Bonchev–Trinajstić information content (AvgIpc) is 3.34. The van der Waals surface area contributed by atoms with Crippen LogP contribution in [0.4, 0.5) is 0 Å². The number of nitrogens with zero attached hydrogens (tertiary/aromatic N) is 5. The molecule has 2 fully saturated rings. The average molecular weight is 399 g/mol. The first-order valence-corrected chi connectivity index (χ1v) is 8.50. The smallest absolute Gasteiger partial charge is 0.253 e. The zero-order valence-electron chi connectivity index (χ0n) is 14.5. The van der Waals surface area contributed by atoms with E-state index in [1.165, 1.54) is 6.33 Å². The van der Waals surface area contributed by atoms with Crippen LogP contribution < -0.4 is 5.32 Å². The van der Waals surface area contributed by atoms with E-state index < -0.39 is 0 Å². The molecule has 1 amide bonds. The number of likely N-dealkylation sites (tertiary alicyclic amines) is 1. The van der Waals surface area contributed by atoms with E-state index in [1.807, 2.05) is 29.2 Å². The SMILES string of the molecule is Cl.Cl.O=C(c1cccc(-n2cncn2)c1)N1CCC(N2CCNCC2)C1. The van der Waals surface area contributed by atoms with E-state index in [2.05, 4.69) is 20.3 Å². The number of benzene rings is 1. The zero-order chi connectivity index (χ0) is 16.4. The van der Waals surface area contributed by atoms with Crippen molar-refractivity contribution < 1.29 is 4.79 Å². The Morgan fingerprint density at radius 3 is 2.69 bits per heavy atom. The van der Waals surface area contributed by atoms with Crippen LogP contribution >= 0.6 is 24.8 Å². The van der Waals surface area contributed by atoms with Gasteiger partial charge in [0.05, 0.1) is 5.69 Å². The number of hydrogen-bond acceptors (Lipinski definition) is 5. The Morgan fingerprint density at radius 2 is 1.96 bits per heavy atom. The second-order valence-electron chi connectivity index (χ2n) is 6.37. The summed E-state index contributed by atoms with van der Waals surface area (Å²) < 4.78 is 1.67. The van der Waals surface area contributed by atoms with E-state index >= 15 is 0 Å². The van der Waals surface area contributed by atoms with Crippen molar-refractivity contribution in [2.45, 2.75) is 12.5 Å². The fourth-order valence-electron chi connectivity index (χ4n) is 3.58. The lowest BCUT2D eigenvalue weighted by atomic mass is 10.1. The molecule has 142 valence electrons. The minimum Gasteiger partial charge on any atom is -0.337 e. The van der Waals surface area contributed by atoms with E-state index in [9.17, 15) is 4.79 Å². The van der Waals surface area contributed by atoms with Crippen molar-refractivity contribution in [1.29, 1.82) is 0 Å². The normalized spacial score (nSPS) is 20.3. The van der Waals surface area contributed by atoms with Crippen LogP contribution in [0.25, 0.3) is 5.69 Å². The number of carbonyl (C=O) groups is 1. The van der Waals surface area contributed by atoms with Gasteiger partial charge in [0.1, 0.15) is 12.7 Å². The maximum Gasteiger partial charge on any atom is 0.253 e. The number of aromatic nitrogens is 3. The molecule has 26 heavy (non-hydrogen) atoms. The van der Waals surface area contributed by atoms with E-state index in [0.717, 1.165) is 51.4 Å². The monoisotopic (exact) mass is 398 g/mol. The van der Waals surface area contributed by atoms with Gasteiger partial charge in [-0.15, -0.1) is 24.8 Å². The van der Waals surface area contributed by atoms with Crippen LogP contribution in [0.2, 0.25) is 0 Å². The second kappa shape index (κ2) is 9.32. The fraction of sp³-hybridized carbons (Fsp3) is 0.471. The standard InChI is InChI=1S/C17H22N6O.2ClH/c24-17(14-2-1-3-15(10-14)23-13-19-12-20-23)22-7-4-16(11-22)21-8-5-18-6-9-21;;/h1-3,10,12-13,16,18H,4-9,11H2;2*1H. The summed E-state index contributed by atoms with van der Waals surface area (Å²) in [5.41, 5.74) is 1.57. The molecule has 1 unspecified atom stereocenters. The number of nitrogens with one attached hydrogen (secondary N) is 1. The van der Waals surface area contributed by atoms with Crippen molar-refractivity contribution in [2.24, 2.45) is 0 Å². The molecule has 1 atom stereocenters. The van der Waals surface area contributed by atoms with Crippen LogP contribution in [0.1, 0.15) is 16.8 Å². The maximum absolute atomic E-state index is 12.8. The Morgan fingerprint density at radius 1 is 1.15 bits per heavy atom. The molecule has 2 saturated heterocycles. The molecule has 4 rings (SSSR count). The van der Waals surface area contributed by atoms with Gasteiger partial charge >= 0.3 is 0 Å². The number of amides is 1. The fourth-order valence-corrected chi connectivity index (χ4v) is 3.58. The van der Waals surface area contributed by atoms with Gasteiger partial charge in [-0.2, -0.15) is 5.10 Å². The van der Waals surface area contributed by atoms with Crippen molar-refractivity contribution >= 4 is 30.7 Å². The molecule has 0 aliphatic carbocycles. The summed E-state index contributed by atoms with van der Waals surface area (Å²) in [4.78, 5) is 21.3. The first-order chi connectivity index (χ1) is 11.8. The Balaban J connectivity index is 0.00000121. The molecule has 9 heteroatoms. The summed E-state index contributed by atoms with van der Waals surface area (Å²) >= 11 is 0. The third-order valence-corrected chi connectivity index (χ3v) is 4.89. The van der Waals surface area contributed by atoms with E-state index in [1.54, 1.807) is 11.0 Å². The number of rotatable bonds is 3. The van der Waals surface area contributed by atoms with Crippen molar-refractivity contribution in [3.8, 4) is 5.69 Å². The zero-order valence-corrected chi connectivity index (χ0v) is 16.1. The van der Waals surface area contributed by atoms with Gasteiger partial charge in [0.15, 0.2) is 0 Å². The molecule has 2 aromatic rings. The molecule has 0 bridgehead atoms. The number of piperazine rings is 1. The predicted molar refractivity (Wildman–Crippen MR) is 105 cm³/mol. The van der Waals surface area contributed by atoms with Gasteiger partial charge in [0.2, 0.25) is 0 Å². The highest BCUT2D eigenvalue weighted by Crippen LogP contribution is 2.19. The van der Waals surface area contributed by atoms with Crippen molar-refractivity contribution in [3.63, 3.8) is 0 Å². The predicted octanol–water partition coefficient (Wildman–Crippen LogP) is 1.23. The van der Waals surface area contributed by atoms with Crippen molar-refractivity contribution in [2.75, 3.05) is 39.3 Å². The molecule has 7 nitrogen and oxygen atoms in total. The highest BCUT2D eigenvalue weighted by molar-refractivity contribution is 5.95. The van der Waals surface area contributed by atoms with E-state index in [0.29, 0.717) is 11.6 Å². The molecule has 1 aromatic heterocycles. The van der Waals surface area contributed by atoms with Gasteiger partial charge in [-0.1, -0.05) is 6.07 Å². The summed E-state index contributed by atoms with van der Waals surface area (Å²) in [6.07, 6.45) is 4.20.